The Morgan fingerprint density at radius 3 is 3.07 bits per heavy atom. The zero-order chi connectivity index (χ0) is 10.8. The number of aromatic nitrogens is 2. The molecule has 2 aromatic heterocycles. The Hall–Kier alpha value is -1.31. The fraction of sp³-hybridized carbons (Fsp3) is 0.111. The molecule has 0 unspecified atom stereocenters. The summed E-state index contributed by atoms with van der Waals surface area (Å²) >= 11 is 2.07. The van der Waals surface area contributed by atoms with E-state index >= 15 is 0 Å². The lowest BCUT2D eigenvalue weighted by atomic mass is 10.4. The Morgan fingerprint density at radius 1 is 1.67 bits per heavy atom. The number of rotatable bonds is 3. The molecule has 6 heteroatoms. The number of halogens is 1. The van der Waals surface area contributed by atoms with Crippen molar-refractivity contribution >= 4 is 28.6 Å². The van der Waals surface area contributed by atoms with Crippen molar-refractivity contribution in [2.24, 2.45) is 0 Å². The molecule has 0 aliphatic heterocycles. The van der Waals surface area contributed by atoms with E-state index in [1.807, 2.05) is 0 Å². The molecule has 0 radical (unpaired) electrons. The van der Waals surface area contributed by atoms with Gasteiger partial charge in [0, 0.05) is 9.77 Å². The Kier molecular flexibility index (Phi) is 2.76. The molecule has 0 spiro atoms. The molecule has 78 valence electrons. The minimum atomic E-state index is -0.943. The SMILES string of the molecule is O=C(O)c1cc(I)cn1Cc1cocn1. The smallest absolute Gasteiger partial charge is 0.352 e. The molecular formula is C9H7IN2O3. The second-order valence-corrected chi connectivity index (χ2v) is 4.20. The fourth-order valence-electron chi connectivity index (χ4n) is 1.27. The maximum atomic E-state index is 10.9. The molecule has 2 heterocycles. The van der Waals surface area contributed by atoms with E-state index in [0.717, 1.165) is 3.57 Å². The minimum absolute atomic E-state index is 0.252. The van der Waals surface area contributed by atoms with Crippen LogP contribution in [0.1, 0.15) is 16.2 Å². The summed E-state index contributed by atoms with van der Waals surface area (Å²) in [4.78, 5) is 14.8. The maximum absolute atomic E-state index is 10.9. The Balaban J connectivity index is 2.31. The van der Waals surface area contributed by atoms with Gasteiger partial charge in [-0.3, -0.25) is 0 Å². The Labute approximate surface area is 98.9 Å². The molecule has 0 aromatic carbocycles. The molecule has 0 saturated heterocycles. The van der Waals surface area contributed by atoms with E-state index in [4.69, 9.17) is 9.52 Å². The normalized spacial score (nSPS) is 10.5. The van der Waals surface area contributed by atoms with Gasteiger partial charge in [0.15, 0.2) is 6.39 Å². The van der Waals surface area contributed by atoms with Gasteiger partial charge in [-0.25, -0.2) is 9.78 Å². The van der Waals surface area contributed by atoms with E-state index < -0.39 is 5.97 Å². The molecule has 0 atom stereocenters. The van der Waals surface area contributed by atoms with Crippen molar-refractivity contribution in [2.45, 2.75) is 6.54 Å². The molecule has 0 aliphatic rings. The largest absolute Gasteiger partial charge is 0.477 e. The molecule has 2 rings (SSSR count). The lowest BCUT2D eigenvalue weighted by molar-refractivity contribution is 0.0685. The van der Waals surface area contributed by atoms with Crippen LogP contribution in [0.3, 0.4) is 0 Å². The number of carbonyl (C=O) groups is 1. The topological polar surface area (TPSA) is 68.3 Å². The van der Waals surface area contributed by atoms with E-state index in [-0.39, 0.29) is 5.69 Å². The maximum Gasteiger partial charge on any atom is 0.352 e. The molecule has 0 bridgehead atoms. The lowest BCUT2D eigenvalue weighted by Crippen LogP contribution is -2.08. The molecule has 0 fully saturated rings. The zero-order valence-electron chi connectivity index (χ0n) is 7.55. The van der Waals surface area contributed by atoms with Crippen LogP contribution in [0.4, 0.5) is 0 Å². The third-order valence-corrected chi connectivity index (χ3v) is 2.49. The van der Waals surface area contributed by atoms with Crippen molar-refractivity contribution in [1.82, 2.24) is 9.55 Å². The summed E-state index contributed by atoms with van der Waals surface area (Å²) in [5.41, 5.74) is 0.951. The highest BCUT2D eigenvalue weighted by Crippen LogP contribution is 2.13. The van der Waals surface area contributed by atoms with Crippen LogP contribution in [-0.2, 0) is 6.54 Å². The summed E-state index contributed by atoms with van der Waals surface area (Å²) in [6, 6.07) is 1.61. The third kappa shape index (κ3) is 2.20. The fourth-order valence-corrected chi connectivity index (χ4v) is 1.91. The van der Waals surface area contributed by atoms with Crippen LogP contribution in [-0.4, -0.2) is 20.6 Å². The predicted molar refractivity (Wildman–Crippen MR) is 59.7 cm³/mol. The number of hydrogen-bond acceptors (Lipinski definition) is 3. The van der Waals surface area contributed by atoms with Crippen LogP contribution in [0.15, 0.2) is 29.3 Å². The first-order chi connectivity index (χ1) is 7.16. The molecular weight excluding hydrogens is 311 g/mol. The van der Waals surface area contributed by atoms with Crippen molar-refractivity contribution in [3.8, 4) is 0 Å². The van der Waals surface area contributed by atoms with Crippen molar-refractivity contribution in [2.75, 3.05) is 0 Å². The van der Waals surface area contributed by atoms with Gasteiger partial charge in [0.25, 0.3) is 0 Å². The number of carboxylic acids is 1. The van der Waals surface area contributed by atoms with Crippen molar-refractivity contribution in [3.63, 3.8) is 0 Å². The Morgan fingerprint density at radius 2 is 2.47 bits per heavy atom. The molecule has 15 heavy (non-hydrogen) atoms. The van der Waals surface area contributed by atoms with E-state index in [0.29, 0.717) is 12.2 Å². The molecule has 0 amide bonds. The van der Waals surface area contributed by atoms with Gasteiger partial charge in [-0.2, -0.15) is 0 Å². The van der Waals surface area contributed by atoms with E-state index in [1.165, 1.54) is 12.7 Å². The van der Waals surface area contributed by atoms with Gasteiger partial charge >= 0.3 is 5.97 Å². The van der Waals surface area contributed by atoms with Crippen LogP contribution in [0.2, 0.25) is 0 Å². The van der Waals surface area contributed by atoms with Crippen molar-refractivity contribution < 1.29 is 14.3 Å². The molecule has 0 saturated carbocycles. The second kappa shape index (κ2) is 4.05. The average Bonchev–Trinajstić information content (AvgIpc) is 2.75. The quantitative estimate of drug-likeness (QED) is 0.877. The van der Waals surface area contributed by atoms with Crippen LogP contribution in [0, 0.1) is 3.57 Å². The van der Waals surface area contributed by atoms with Crippen LogP contribution < -0.4 is 0 Å². The summed E-state index contributed by atoms with van der Waals surface area (Å²) in [5.74, 6) is -0.943. The molecule has 5 nitrogen and oxygen atoms in total. The van der Waals surface area contributed by atoms with Crippen LogP contribution in [0.5, 0.6) is 0 Å². The standard InChI is InChI=1S/C9H7IN2O3/c10-6-1-8(9(13)14)12(2-6)3-7-4-15-5-11-7/h1-2,4-5H,3H2,(H,13,14). The van der Waals surface area contributed by atoms with E-state index in [1.54, 1.807) is 16.8 Å². The summed E-state index contributed by atoms with van der Waals surface area (Å²) in [5, 5.41) is 8.94. The molecule has 1 N–H and O–H groups in total. The van der Waals surface area contributed by atoms with Gasteiger partial charge in [-0.1, -0.05) is 0 Å². The summed E-state index contributed by atoms with van der Waals surface area (Å²) in [7, 11) is 0. The zero-order valence-corrected chi connectivity index (χ0v) is 9.71. The van der Waals surface area contributed by atoms with Gasteiger partial charge in [0.05, 0.1) is 12.2 Å². The highest BCUT2D eigenvalue weighted by atomic mass is 127. The lowest BCUT2D eigenvalue weighted by Gasteiger charge is -2.02. The first kappa shape index (κ1) is 10.2. The molecule has 2 aromatic rings. The monoisotopic (exact) mass is 318 g/mol. The van der Waals surface area contributed by atoms with E-state index in [2.05, 4.69) is 27.6 Å². The van der Waals surface area contributed by atoms with Crippen molar-refractivity contribution in [1.29, 1.82) is 0 Å². The predicted octanol–water partition coefficient (Wildman–Crippen LogP) is 1.83. The van der Waals surface area contributed by atoms with Gasteiger partial charge < -0.3 is 14.1 Å². The number of carboxylic acid groups (broad SMARTS) is 1. The highest BCUT2D eigenvalue weighted by Gasteiger charge is 2.12. The summed E-state index contributed by atoms with van der Waals surface area (Å²) in [6.45, 7) is 0.404. The summed E-state index contributed by atoms with van der Waals surface area (Å²) in [6.07, 6.45) is 4.58. The third-order valence-electron chi connectivity index (χ3n) is 1.90. The van der Waals surface area contributed by atoms with Gasteiger partial charge in [-0.05, 0) is 28.7 Å². The van der Waals surface area contributed by atoms with E-state index in [9.17, 15) is 4.79 Å². The number of nitrogens with zero attached hydrogens (tertiary/aromatic N) is 2. The molecule has 0 aliphatic carbocycles. The first-order valence-corrected chi connectivity index (χ1v) is 5.20. The van der Waals surface area contributed by atoms with Crippen molar-refractivity contribution in [3.05, 3.63) is 39.9 Å². The van der Waals surface area contributed by atoms with Gasteiger partial charge in [0.2, 0.25) is 0 Å². The van der Waals surface area contributed by atoms with Crippen LogP contribution >= 0.6 is 22.6 Å². The first-order valence-electron chi connectivity index (χ1n) is 4.13. The average molecular weight is 318 g/mol. The number of oxazole rings is 1. The highest BCUT2D eigenvalue weighted by molar-refractivity contribution is 14.1. The number of hydrogen-bond donors (Lipinski definition) is 1. The second-order valence-electron chi connectivity index (χ2n) is 2.96. The van der Waals surface area contributed by atoms with Gasteiger partial charge in [0.1, 0.15) is 12.0 Å². The summed E-state index contributed by atoms with van der Waals surface area (Å²) < 4.78 is 7.33. The van der Waals surface area contributed by atoms with Crippen LogP contribution in [0.25, 0.3) is 0 Å². The number of aromatic carboxylic acids is 1. The Bertz CT molecular complexity index is 476. The van der Waals surface area contributed by atoms with Gasteiger partial charge in [-0.15, -0.1) is 0 Å². The minimum Gasteiger partial charge on any atom is -0.477 e.